The zero-order valence-corrected chi connectivity index (χ0v) is 21.3. The third-order valence-electron chi connectivity index (χ3n) is 8.46. The molecule has 10 nitrogen and oxygen atoms in total. The van der Waals surface area contributed by atoms with Gasteiger partial charge in [-0.3, -0.25) is 9.59 Å². The van der Waals surface area contributed by atoms with E-state index in [-0.39, 0.29) is 35.6 Å². The molecule has 7 atom stereocenters. The molecule has 10 heteroatoms. The Bertz CT molecular complexity index is 760. The second-order valence-corrected chi connectivity index (χ2v) is 10.7. The molecule has 5 rings (SSSR count). The molecule has 3 heterocycles. The van der Waals surface area contributed by atoms with Crippen molar-refractivity contribution < 1.29 is 47.9 Å². The third kappa shape index (κ3) is 5.44. The lowest BCUT2D eigenvalue weighted by molar-refractivity contribution is -0.346. The molecule has 36 heavy (non-hydrogen) atoms. The Morgan fingerprint density at radius 3 is 1.75 bits per heavy atom. The maximum Gasteiger partial charge on any atom is 0.308 e. The number of esters is 2. The molecule has 3 saturated heterocycles. The second-order valence-electron chi connectivity index (χ2n) is 10.7. The molecule has 0 radical (unpaired) electrons. The first-order valence-corrected chi connectivity index (χ1v) is 13.7. The first-order chi connectivity index (χ1) is 17.5. The van der Waals surface area contributed by atoms with Crippen LogP contribution in [0.25, 0.3) is 0 Å². The van der Waals surface area contributed by atoms with E-state index in [1.54, 1.807) is 0 Å². The molecule has 204 valence electrons. The van der Waals surface area contributed by atoms with Gasteiger partial charge in [0, 0.05) is 11.8 Å². The van der Waals surface area contributed by atoms with Gasteiger partial charge in [0.05, 0.1) is 31.7 Å². The van der Waals surface area contributed by atoms with Crippen molar-refractivity contribution in [1.82, 2.24) is 0 Å². The van der Waals surface area contributed by atoms with Crippen LogP contribution >= 0.6 is 0 Å². The Labute approximate surface area is 212 Å². The summed E-state index contributed by atoms with van der Waals surface area (Å²) in [4.78, 5) is 24.2. The van der Waals surface area contributed by atoms with Gasteiger partial charge in [0.2, 0.25) is 0 Å². The summed E-state index contributed by atoms with van der Waals surface area (Å²) in [6.45, 7) is 4.76. The summed E-state index contributed by atoms with van der Waals surface area (Å²) in [5, 5.41) is 10.6. The molecule has 5 fully saturated rings. The predicted molar refractivity (Wildman–Crippen MR) is 123 cm³/mol. The summed E-state index contributed by atoms with van der Waals surface area (Å²) in [5.41, 5.74) is 0. The van der Waals surface area contributed by atoms with E-state index in [1.807, 2.05) is 13.8 Å². The Balaban J connectivity index is 1.16. The van der Waals surface area contributed by atoms with Crippen LogP contribution in [0.1, 0.15) is 65.2 Å². The van der Waals surface area contributed by atoms with Crippen LogP contribution in [-0.2, 0) is 42.7 Å². The molecular weight excluding hydrogens is 472 g/mol. The molecule has 0 aromatic carbocycles. The van der Waals surface area contributed by atoms with Gasteiger partial charge in [-0.25, -0.2) is 0 Å². The zero-order chi connectivity index (χ0) is 25.2. The maximum atomic E-state index is 12.1. The standard InChI is InChI=1S/C26H40O10/c1-3-30-22(27)14-5-9-16(10-6-14)25-32-13-18-19(34-25)20-21(24(29)33-18)36-26(35-20)17-11-7-15(8-12-17)23(28)31-4-2/h14-21,24-26,29H,3-13H2,1-2H3. The number of hydrogen-bond acceptors (Lipinski definition) is 10. The van der Waals surface area contributed by atoms with Gasteiger partial charge >= 0.3 is 11.9 Å². The quantitative estimate of drug-likeness (QED) is 0.531. The number of hydrogen-bond donors (Lipinski definition) is 1. The lowest BCUT2D eigenvalue weighted by Crippen LogP contribution is -2.62. The van der Waals surface area contributed by atoms with E-state index in [4.69, 9.17) is 33.2 Å². The zero-order valence-electron chi connectivity index (χ0n) is 21.3. The molecule has 3 aliphatic heterocycles. The number of ether oxygens (including phenoxy) is 7. The third-order valence-corrected chi connectivity index (χ3v) is 8.46. The normalized spacial score (nSPS) is 44.8. The Morgan fingerprint density at radius 2 is 1.19 bits per heavy atom. The van der Waals surface area contributed by atoms with Crippen molar-refractivity contribution in [2.45, 2.75) is 108 Å². The second kappa shape index (κ2) is 11.6. The lowest BCUT2D eigenvalue weighted by Gasteiger charge is -2.46. The van der Waals surface area contributed by atoms with Crippen LogP contribution in [-0.4, -0.2) is 80.2 Å². The monoisotopic (exact) mass is 512 g/mol. The van der Waals surface area contributed by atoms with Gasteiger partial charge in [-0.2, -0.15) is 0 Å². The van der Waals surface area contributed by atoms with Crippen LogP contribution in [0.2, 0.25) is 0 Å². The van der Waals surface area contributed by atoms with Gasteiger partial charge in [0.1, 0.15) is 24.4 Å². The molecule has 0 amide bonds. The van der Waals surface area contributed by atoms with Gasteiger partial charge in [0.25, 0.3) is 0 Å². The highest BCUT2D eigenvalue weighted by atomic mass is 16.8. The highest BCUT2D eigenvalue weighted by Gasteiger charge is 2.57. The molecule has 2 saturated carbocycles. The average molecular weight is 513 g/mol. The van der Waals surface area contributed by atoms with Gasteiger partial charge in [-0.05, 0) is 65.2 Å². The van der Waals surface area contributed by atoms with Crippen LogP contribution < -0.4 is 0 Å². The van der Waals surface area contributed by atoms with E-state index in [2.05, 4.69) is 0 Å². The largest absolute Gasteiger partial charge is 0.466 e. The van der Waals surface area contributed by atoms with Crippen molar-refractivity contribution in [3.8, 4) is 0 Å². The van der Waals surface area contributed by atoms with Gasteiger partial charge < -0.3 is 38.3 Å². The van der Waals surface area contributed by atoms with E-state index < -0.39 is 43.3 Å². The summed E-state index contributed by atoms with van der Waals surface area (Å²) in [6, 6.07) is 0. The molecular formula is C26H40O10. The van der Waals surface area contributed by atoms with Crippen molar-refractivity contribution in [2.24, 2.45) is 23.7 Å². The van der Waals surface area contributed by atoms with E-state index in [0.717, 1.165) is 51.4 Å². The number of aliphatic hydroxyl groups is 1. The molecule has 5 aliphatic rings. The fourth-order valence-corrected chi connectivity index (χ4v) is 6.46. The van der Waals surface area contributed by atoms with Crippen molar-refractivity contribution in [1.29, 1.82) is 0 Å². The summed E-state index contributed by atoms with van der Waals surface area (Å²) in [6.07, 6.45) is 2.37. The molecule has 7 unspecified atom stereocenters. The lowest BCUT2D eigenvalue weighted by atomic mass is 9.81. The molecule has 0 aromatic rings. The number of rotatable bonds is 6. The minimum Gasteiger partial charge on any atom is -0.466 e. The molecule has 0 spiro atoms. The fourth-order valence-electron chi connectivity index (χ4n) is 6.46. The van der Waals surface area contributed by atoms with E-state index in [9.17, 15) is 14.7 Å². The minimum absolute atomic E-state index is 0.0543. The summed E-state index contributed by atoms with van der Waals surface area (Å²) >= 11 is 0. The molecule has 2 aliphatic carbocycles. The highest BCUT2D eigenvalue weighted by Crippen LogP contribution is 2.43. The maximum absolute atomic E-state index is 12.1. The average Bonchev–Trinajstić information content (AvgIpc) is 3.36. The van der Waals surface area contributed by atoms with Crippen molar-refractivity contribution >= 4 is 11.9 Å². The first kappa shape index (κ1) is 26.3. The van der Waals surface area contributed by atoms with Crippen molar-refractivity contribution in [3.63, 3.8) is 0 Å². The number of aliphatic hydroxyl groups excluding tert-OH is 1. The summed E-state index contributed by atoms with van der Waals surface area (Å²) in [5.74, 6) is -0.0396. The smallest absolute Gasteiger partial charge is 0.308 e. The minimum atomic E-state index is -1.11. The van der Waals surface area contributed by atoms with E-state index in [0.29, 0.717) is 19.8 Å². The fraction of sp³-hybridized carbons (Fsp3) is 0.923. The van der Waals surface area contributed by atoms with Crippen LogP contribution in [0.3, 0.4) is 0 Å². The molecule has 0 bridgehead atoms. The topological polar surface area (TPSA) is 119 Å². The predicted octanol–water partition coefficient (Wildman–Crippen LogP) is 2.29. The Morgan fingerprint density at radius 1 is 0.694 bits per heavy atom. The Hall–Kier alpha value is -1.30. The van der Waals surface area contributed by atoms with Crippen LogP contribution in [0.5, 0.6) is 0 Å². The van der Waals surface area contributed by atoms with Crippen LogP contribution in [0.4, 0.5) is 0 Å². The van der Waals surface area contributed by atoms with Gasteiger partial charge in [-0.15, -0.1) is 0 Å². The van der Waals surface area contributed by atoms with Crippen LogP contribution in [0, 0.1) is 23.7 Å². The first-order valence-electron chi connectivity index (χ1n) is 13.7. The summed E-state index contributed by atoms with van der Waals surface area (Å²) in [7, 11) is 0. The number of fused-ring (bicyclic) bond motifs is 3. The van der Waals surface area contributed by atoms with E-state index >= 15 is 0 Å². The molecule has 1 N–H and O–H groups in total. The van der Waals surface area contributed by atoms with E-state index in [1.165, 1.54) is 0 Å². The molecule has 0 aromatic heterocycles. The summed E-state index contributed by atoms with van der Waals surface area (Å²) < 4.78 is 41.1. The van der Waals surface area contributed by atoms with Crippen molar-refractivity contribution in [3.05, 3.63) is 0 Å². The van der Waals surface area contributed by atoms with Gasteiger partial charge in [0.15, 0.2) is 18.9 Å². The van der Waals surface area contributed by atoms with Gasteiger partial charge in [-0.1, -0.05) is 0 Å². The van der Waals surface area contributed by atoms with Crippen molar-refractivity contribution in [2.75, 3.05) is 19.8 Å². The number of carbonyl (C=O) groups excluding carboxylic acids is 2. The SMILES string of the molecule is CCOC(=O)C1CCC(C2OCC3OC(O)C4OC(C5CCC(C(=O)OCC)CC5)OC4C3O2)CC1. The highest BCUT2D eigenvalue weighted by molar-refractivity contribution is 5.72. The Kier molecular flexibility index (Phi) is 8.49. The number of carbonyl (C=O) groups is 2. The van der Waals surface area contributed by atoms with Crippen LogP contribution in [0.15, 0.2) is 0 Å².